The minimum absolute atomic E-state index is 0.0497. The lowest BCUT2D eigenvalue weighted by Crippen LogP contribution is -2.58. The van der Waals surface area contributed by atoms with Crippen LogP contribution in [0.15, 0.2) is 127 Å². The molecule has 33 heavy (non-hydrogen) atoms. The van der Waals surface area contributed by atoms with E-state index in [-0.39, 0.29) is 5.67 Å². The van der Waals surface area contributed by atoms with Crippen LogP contribution in [0.4, 0.5) is 0 Å². The molecule has 0 saturated heterocycles. The van der Waals surface area contributed by atoms with E-state index >= 15 is 0 Å². The molecule has 0 spiro atoms. The molecule has 4 rings (SSSR count). The highest BCUT2D eigenvalue weighted by Gasteiger charge is 2.38. The quantitative estimate of drug-likeness (QED) is 0.264. The first-order valence-electron chi connectivity index (χ1n) is 11.3. The van der Waals surface area contributed by atoms with Crippen molar-refractivity contribution >= 4 is 37.2 Å². The maximum absolute atomic E-state index is 14.8. The molecule has 0 bridgehead atoms. The second-order valence-corrected chi connectivity index (χ2v) is 15.9. The summed E-state index contributed by atoms with van der Waals surface area (Å²) in [6, 6.07) is 40.6. The Morgan fingerprint density at radius 3 is 1.58 bits per heavy atom. The first-order valence-corrected chi connectivity index (χ1v) is 16.1. The van der Waals surface area contributed by atoms with Crippen molar-refractivity contribution < 1.29 is 4.57 Å². The monoisotopic (exact) mass is 467 g/mol. The van der Waals surface area contributed by atoms with Crippen molar-refractivity contribution in [2.24, 2.45) is 0 Å². The third kappa shape index (κ3) is 5.34. The number of hydrogen-bond donors (Lipinski definition) is 1. The zero-order valence-corrected chi connectivity index (χ0v) is 21.0. The van der Waals surface area contributed by atoms with Crippen LogP contribution >= 0.6 is 7.29 Å². The minimum Gasteiger partial charge on any atom is -0.297 e. The molecule has 0 aliphatic heterocycles. The van der Waals surface area contributed by atoms with Crippen LogP contribution in [0.3, 0.4) is 0 Å². The van der Waals surface area contributed by atoms with E-state index in [0.717, 1.165) is 16.2 Å². The Labute approximate surface area is 198 Å². The van der Waals surface area contributed by atoms with E-state index in [1.807, 2.05) is 78.9 Å². The minimum atomic E-state index is -3.08. The molecule has 0 aliphatic rings. The SMILES string of the molecule is C[Si](C)(c1ccccc1)C(/C=C/c1ccccc1)NP(=O)(c1ccccc1)c1ccccc1. The summed E-state index contributed by atoms with van der Waals surface area (Å²) < 4.78 is 14.8. The van der Waals surface area contributed by atoms with Gasteiger partial charge in [-0.2, -0.15) is 0 Å². The van der Waals surface area contributed by atoms with E-state index in [1.165, 1.54) is 5.19 Å². The predicted octanol–water partition coefficient (Wildman–Crippen LogP) is 5.74. The summed E-state index contributed by atoms with van der Waals surface area (Å²) in [5.74, 6) is 0. The second kappa shape index (κ2) is 10.3. The maximum atomic E-state index is 14.8. The van der Waals surface area contributed by atoms with Gasteiger partial charge in [0.15, 0.2) is 0 Å². The lowest BCUT2D eigenvalue weighted by molar-refractivity contribution is 0.578. The predicted molar refractivity (Wildman–Crippen MR) is 146 cm³/mol. The summed E-state index contributed by atoms with van der Waals surface area (Å²) in [6.07, 6.45) is 4.36. The highest BCUT2D eigenvalue weighted by Crippen LogP contribution is 2.40. The van der Waals surface area contributed by atoms with Crippen LogP contribution in [-0.2, 0) is 4.57 Å². The summed E-state index contributed by atoms with van der Waals surface area (Å²) in [4.78, 5) is 0. The highest BCUT2D eigenvalue weighted by molar-refractivity contribution is 7.77. The topological polar surface area (TPSA) is 29.1 Å². The summed E-state index contributed by atoms with van der Waals surface area (Å²) in [6.45, 7) is 4.69. The smallest absolute Gasteiger partial charge is 0.204 e. The molecule has 4 aromatic rings. The summed E-state index contributed by atoms with van der Waals surface area (Å²) >= 11 is 0. The Balaban J connectivity index is 1.81. The largest absolute Gasteiger partial charge is 0.297 e. The Morgan fingerprint density at radius 1 is 0.667 bits per heavy atom. The van der Waals surface area contributed by atoms with Gasteiger partial charge in [-0.15, -0.1) is 0 Å². The molecule has 0 saturated carbocycles. The van der Waals surface area contributed by atoms with Gasteiger partial charge in [-0.25, -0.2) is 0 Å². The Bertz CT molecular complexity index is 1180. The molecule has 0 aliphatic carbocycles. The van der Waals surface area contributed by atoms with E-state index in [1.54, 1.807) is 0 Å². The van der Waals surface area contributed by atoms with Crippen molar-refractivity contribution in [3.05, 3.63) is 133 Å². The standard InChI is InChI=1S/C29H30NOPSi/c1-33(2,28-21-13-6-14-22-28)29(24-23-25-15-7-3-8-16-25)30-32(31,26-17-9-4-10-18-26)27-19-11-5-12-20-27/h3-24,29H,1-2H3,(H,30,31)/b24-23+. The van der Waals surface area contributed by atoms with Crippen LogP contribution in [0, 0.1) is 0 Å². The van der Waals surface area contributed by atoms with E-state index in [2.05, 4.69) is 72.8 Å². The molecular weight excluding hydrogens is 437 g/mol. The second-order valence-electron chi connectivity index (χ2n) is 8.74. The molecule has 4 heteroatoms. The van der Waals surface area contributed by atoms with Gasteiger partial charge in [0.2, 0.25) is 7.29 Å². The van der Waals surface area contributed by atoms with Gasteiger partial charge in [0.05, 0.1) is 0 Å². The number of rotatable bonds is 8. The number of hydrogen-bond acceptors (Lipinski definition) is 1. The van der Waals surface area contributed by atoms with E-state index < -0.39 is 15.4 Å². The van der Waals surface area contributed by atoms with Gasteiger partial charge in [-0.05, 0) is 29.8 Å². The fourth-order valence-electron chi connectivity index (χ4n) is 4.03. The lowest BCUT2D eigenvalue weighted by atomic mass is 10.2. The van der Waals surface area contributed by atoms with Gasteiger partial charge in [0, 0.05) is 16.3 Å². The molecule has 1 N–H and O–H groups in total. The van der Waals surface area contributed by atoms with Crippen LogP contribution in [-0.4, -0.2) is 13.7 Å². The van der Waals surface area contributed by atoms with Crippen molar-refractivity contribution in [3.63, 3.8) is 0 Å². The van der Waals surface area contributed by atoms with Crippen molar-refractivity contribution in [1.29, 1.82) is 0 Å². The van der Waals surface area contributed by atoms with Gasteiger partial charge in [0.25, 0.3) is 0 Å². The molecular formula is C29H30NOPSi. The normalized spacial score (nSPS) is 13.2. The third-order valence-corrected chi connectivity index (χ3v) is 12.8. The van der Waals surface area contributed by atoms with E-state index in [9.17, 15) is 4.57 Å². The highest BCUT2D eigenvalue weighted by atomic mass is 31.2. The zero-order valence-electron chi connectivity index (χ0n) is 19.1. The molecule has 0 heterocycles. The summed E-state index contributed by atoms with van der Waals surface area (Å²) in [5, 5.41) is 6.68. The maximum Gasteiger partial charge on any atom is 0.204 e. The molecule has 166 valence electrons. The molecule has 1 unspecified atom stereocenters. The fourth-order valence-corrected chi connectivity index (χ4v) is 10.1. The first kappa shape index (κ1) is 23.2. The van der Waals surface area contributed by atoms with Gasteiger partial charge in [0.1, 0.15) is 8.07 Å². The van der Waals surface area contributed by atoms with E-state index in [4.69, 9.17) is 0 Å². The summed E-state index contributed by atoms with van der Waals surface area (Å²) in [7, 11) is -5.19. The van der Waals surface area contributed by atoms with Crippen LogP contribution < -0.4 is 20.9 Å². The van der Waals surface area contributed by atoms with Gasteiger partial charge >= 0.3 is 0 Å². The molecule has 0 radical (unpaired) electrons. The van der Waals surface area contributed by atoms with Crippen molar-refractivity contribution in [2.75, 3.05) is 0 Å². The Kier molecular flexibility index (Phi) is 7.25. The molecule has 0 amide bonds. The first-order chi connectivity index (χ1) is 16.0. The average Bonchev–Trinajstić information content (AvgIpc) is 2.88. The van der Waals surface area contributed by atoms with Gasteiger partial charge in [-0.3, -0.25) is 9.65 Å². The van der Waals surface area contributed by atoms with Crippen LogP contribution in [0.5, 0.6) is 0 Å². The zero-order chi connectivity index (χ0) is 23.2. The number of benzene rings is 4. The fraction of sp³-hybridized carbons (Fsp3) is 0.103. The van der Waals surface area contributed by atoms with Crippen molar-refractivity contribution in [1.82, 2.24) is 5.09 Å². The molecule has 0 aromatic heterocycles. The lowest BCUT2D eigenvalue weighted by Gasteiger charge is -2.35. The van der Waals surface area contributed by atoms with Crippen molar-refractivity contribution in [2.45, 2.75) is 18.8 Å². The van der Waals surface area contributed by atoms with Crippen LogP contribution in [0.1, 0.15) is 5.56 Å². The van der Waals surface area contributed by atoms with Gasteiger partial charge in [-0.1, -0.05) is 127 Å². The van der Waals surface area contributed by atoms with Crippen LogP contribution in [0.2, 0.25) is 13.1 Å². The van der Waals surface area contributed by atoms with Crippen molar-refractivity contribution in [3.8, 4) is 0 Å². The number of nitrogens with one attached hydrogen (secondary N) is 1. The molecule has 0 fully saturated rings. The Hall–Kier alpha value is -2.97. The third-order valence-electron chi connectivity index (χ3n) is 6.14. The van der Waals surface area contributed by atoms with Gasteiger partial charge < -0.3 is 0 Å². The molecule has 4 aromatic carbocycles. The molecule has 2 nitrogen and oxygen atoms in total. The molecule has 1 atom stereocenters. The van der Waals surface area contributed by atoms with Crippen LogP contribution in [0.25, 0.3) is 6.08 Å². The summed E-state index contributed by atoms with van der Waals surface area (Å²) in [5.41, 5.74) is 1.09. The average molecular weight is 468 g/mol. The van der Waals surface area contributed by atoms with E-state index in [0.29, 0.717) is 0 Å². The Morgan fingerprint density at radius 2 is 1.09 bits per heavy atom.